The van der Waals surface area contributed by atoms with Crippen molar-refractivity contribution in [3.05, 3.63) is 0 Å². The maximum absolute atomic E-state index is 11.2. The molecule has 0 spiro atoms. The van der Waals surface area contributed by atoms with Crippen LogP contribution in [-0.4, -0.2) is 56.7 Å². The van der Waals surface area contributed by atoms with Crippen LogP contribution < -0.4 is 16.0 Å². The number of nitrogens with zero attached hydrogens (tertiary/aromatic N) is 1. The van der Waals surface area contributed by atoms with Crippen LogP contribution in [-0.2, 0) is 0 Å². The summed E-state index contributed by atoms with van der Waals surface area (Å²) in [5, 5.41) is 9.03. The normalized spacial score (nSPS) is 33.9. The Morgan fingerprint density at radius 1 is 1.59 bits per heavy atom. The van der Waals surface area contributed by atoms with Crippen LogP contribution in [0, 0.1) is 5.41 Å². The Hall–Kier alpha value is -0.810. The average Bonchev–Trinajstić information content (AvgIpc) is 2.89. The van der Waals surface area contributed by atoms with Crippen molar-refractivity contribution >= 4 is 6.03 Å². The van der Waals surface area contributed by atoms with Gasteiger partial charge in [0.05, 0.1) is 0 Å². The quantitative estimate of drug-likeness (QED) is 0.650. The molecule has 2 aliphatic rings. The molecular formula is C12H24N4O. The minimum Gasteiger partial charge on any atom is -0.341 e. The van der Waals surface area contributed by atoms with Gasteiger partial charge in [0.2, 0.25) is 0 Å². The summed E-state index contributed by atoms with van der Waals surface area (Å²) >= 11 is 0. The molecule has 98 valence electrons. The van der Waals surface area contributed by atoms with Crippen LogP contribution >= 0.6 is 0 Å². The van der Waals surface area contributed by atoms with Gasteiger partial charge in [-0.2, -0.15) is 0 Å². The van der Waals surface area contributed by atoms with Gasteiger partial charge >= 0.3 is 6.03 Å². The average molecular weight is 240 g/mol. The van der Waals surface area contributed by atoms with Gasteiger partial charge in [0.25, 0.3) is 0 Å². The fraction of sp³-hybridized carbons (Fsp3) is 0.917. The molecule has 2 heterocycles. The van der Waals surface area contributed by atoms with Gasteiger partial charge in [-0.25, -0.2) is 4.79 Å². The van der Waals surface area contributed by atoms with Crippen LogP contribution in [0.5, 0.6) is 0 Å². The second-order valence-corrected chi connectivity index (χ2v) is 5.68. The molecule has 0 saturated carbocycles. The molecule has 0 aromatic carbocycles. The van der Waals surface area contributed by atoms with E-state index in [0.29, 0.717) is 11.5 Å². The summed E-state index contributed by atoms with van der Waals surface area (Å²) in [6.07, 6.45) is 2.33. The number of hydrogen-bond donors (Lipinski definition) is 3. The third-order valence-electron chi connectivity index (χ3n) is 3.90. The Kier molecular flexibility index (Phi) is 3.89. The standard InChI is InChI=1S/C12H24N4O/c1-12(4-5-14-8-12)9-16-6-3-10(7-16)15-11(17)13-2/h10,14H,3-9H2,1-2H3,(H2,13,15,17). The summed E-state index contributed by atoms with van der Waals surface area (Å²) in [5.74, 6) is 0. The Bertz CT molecular complexity index is 276. The third-order valence-corrected chi connectivity index (χ3v) is 3.90. The lowest BCUT2D eigenvalue weighted by Gasteiger charge is -2.29. The predicted octanol–water partition coefficient (Wildman–Crippen LogP) is -0.0107. The highest BCUT2D eigenvalue weighted by atomic mass is 16.2. The number of carbonyl (C=O) groups excluding carboxylic acids is 1. The molecule has 2 atom stereocenters. The molecule has 2 amide bonds. The van der Waals surface area contributed by atoms with E-state index in [9.17, 15) is 4.79 Å². The van der Waals surface area contributed by atoms with E-state index in [4.69, 9.17) is 0 Å². The molecule has 2 fully saturated rings. The molecule has 2 unspecified atom stereocenters. The summed E-state index contributed by atoms with van der Waals surface area (Å²) in [7, 11) is 1.66. The molecule has 0 aromatic rings. The summed E-state index contributed by atoms with van der Waals surface area (Å²) in [4.78, 5) is 13.7. The molecule has 0 bridgehead atoms. The lowest BCUT2D eigenvalue weighted by molar-refractivity contribution is 0.204. The van der Waals surface area contributed by atoms with E-state index in [-0.39, 0.29) is 6.03 Å². The van der Waals surface area contributed by atoms with E-state index < -0.39 is 0 Å². The molecule has 0 aliphatic carbocycles. The number of carbonyl (C=O) groups is 1. The Labute approximate surface area is 103 Å². The topological polar surface area (TPSA) is 56.4 Å². The molecule has 0 radical (unpaired) electrons. The third kappa shape index (κ3) is 3.33. The number of urea groups is 1. The highest BCUT2D eigenvalue weighted by molar-refractivity contribution is 5.73. The van der Waals surface area contributed by atoms with Gasteiger partial charge in [-0.05, 0) is 24.8 Å². The molecule has 3 N–H and O–H groups in total. The van der Waals surface area contributed by atoms with Crippen molar-refractivity contribution in [3.8, 4) is 0 Å². The van der Waals surface area contributed by atoms with Crippen molar-refractivity contribution in [1.82, 2.24) is 20.9 Å². The first-order valence-electron chi connectivity index (χ1n) is 6.53. The van der Waals surface area contributed by atoms with E-state index in [1.807, 2.05) is 0 Å². The van der Waals surface area contributed by atoms with Crippen LogP contribution in [0.2, 0.25) is 0 Å². The summed E-state index contributed by atoms with van der Waals surface area (Å²) in [6, 6.07) is 0.249. The Morgan fingerprint density at radius 2 is 2.41 bits per heavy atom. The predicted molar refractivity (Wildman–Crippen MR) is 68.0 cm³/mol. The minimum atomic E-state index is -0.0643. The first-order valence-corrected chi connectivity index (χ1v) is 6.53. The number of rotatable bonds is 3. The van der Waals surface area contributed by atoms with Crippen molar-refractivity contribution in [2.24, 2.45) is 5.41 Å². The molecule has 5 nitrogen and oxygen atoms in total. The zero-order valence-corrected chi connectivity index (χ0v) is 10.9. The molecule has 2 saturated heterocycles. The lowest BCUT2D eigenvalue weighted by Crippen LogP contribution is -2.43. The smallest absolute Gasteiger partial charge is 0.314 e. The van der Waals surface area contributed by atoms with E-state index in [2.05, 4.69) is 27.8 Å². The highest BCUT2D eigenvalue weighted by Gasteiger charge is 2.33. The summed E-state index contributed by atoms with van der Waals surface area (Å²) < 4.78 is 0. The van der Waals surface area contributed by atoms with Crippen molar-refractivity contribution < 1.29 is 4.79 Å². The van der Waals surface area contributed by atoms with Crippen molar-refractivity contribution in [2.75, 3.05) is 39.8 Å². The van der Waals surface area contributed by atoms with Crippen molar-refractivity contribution in [2.45, 2.75) is 25.8 Å². The molecular weight excluding hydrogens is 216 g/mol. The highest BCUT2D eigenvalue weighted by Crippen LogP contribution is 2.27. The minimum absolute atomic E-state index is 0.0643. The molecule has 0 aromatic heterocycles. The zero-order valence-electron chi connectivity index (χ0n) is 10.9. The van der Waals surface area contributed by atoms with Crippen LogP contribution in [0.1, 0.15) is 19.8 Å². The maximum Gasteiger partial charge on any atom is 0.314 e. The van der Waals surface area contributed by atoms with E-state index in [0.717, 1.165) is 39.1 Å². The largest absolute Gasteiger partial charge is 0.341 e. The first-order chi connectivity index (χ1) is 8.11. The van der Waals surface area contributed by atoms with Gasteiger partial charge in [0.1, 0.15) is 0 Å². The molecule has 2 rings (SSSR count). The molecule has 17 heavy (non-hydrogen) atoms. The van der Waals surface area contributed by atoms with Crippen LogP contribution in [0.25, 0.3) is 0 Å². The van der Waals surface area contributed by atoms with Crippen molar-refractivity contribution in [1.29, 1.82) is 0 Å². The Morgan fingerprint density at radius 3 is 3.06 bits per heavy atom. The summed E-state index contributed by atoms with van der Waals surface area (Å²) in [6.45, 7) is 7.85. The SMILES string of the molecule is CNC(=O)NC1CCN(CC2(C)CCNC2)C1. The monoisotopic (exact) mass is 240 g/mol. The summed E-state index contributed by atoms with van der Waals surface area (Å²) in [5.41, 5.74) is 0.419. The van der Waals surface area contributed by atoms with E-state index in [1.54, 1.807) is 7.05 Å². The first kappa shape index (κ1) is 12.6. The van der Waals surface area contributed by atoms with Crippen LogP contribution in [0.15, 0.2) is 0 Å². The number of hydrogen-bond acceptors (Lipinski definition) is 3. The van der Waals surface area contributed by atoms with Crippen LogP contribution in [0.4, 0.5) is 4.79 Å². The van der Waals surface area contributed by atoms with Gasteiger partial charge < -0.3 is 20.9 Å². The van der Waals surface area contributed by atoms with Gasteiger partial charge in [-0.15, -0.1) is 0 Å². The molecule has 5 heteroatoms. The van der Waals surface area contributed by atoms with Crippen LogP contribution in [0.3, 0.4) is 0 Å². The number of amides is 2. The Balaban J connectivity index is 1.76. The van der Waals surface area contributed by atoms with E-state index >= 15 is 0 Å². The maximum atomic E-state index is 11.2. The molecule has 2 aliphatic heterocycles. The second kappa shape index (κ2) is 5.23. The van der Waals surface area contributed by atoms with Gasteiger partial charge in [-0.1, -0.05) is 6.92 Å². The fourth-order valence-electron chi connectivity index (χ4n) is 2.90. The zero-order chi connectivity index (χ0) is 12.3. The van der Waals surface area contributed by atoms with Crippen molar-refractivity contribution in [3.63, 3.8) is 0 Å². The fourth-order valence-corrected chi connectivity index (χ4v) is 2.90. The van der Waals surface area contributed by atoms with E-state index in [1.165, 1.54) is 6.42 Å². The van der Waals surface area contributed by atoms with Gasteiger partial charge in [-0.3, -0.25) is 0 Å². The van der Waals surface area contributed by atoms with Gasteiger partial charge in [0, 0.05) is 39.3 Å². The number of nitrogens with one attached hydrogen (secondary N) is 3. The number of likely N-dealkylation sites (tertiary alicyclic amines) is 1. The second-order valence-electron chi connectivity index (χ2n) is 5.68. The van der Waals surface area contributed by atoms with Gasteiger partial charge in [0.15, 0.2) is 0 Å². The lowest BCUT2D eigenvalue weighted by atomic mass is 9.89.